The average molecular weight is 477 g/mol. The molecule has 3 rings (SSSR count). The Balaban J connectivity index is 1.70. The van der Waals surface area contributed by atoms with Crippen LogP contribution in [-0.2, 0) is 14.8 Å². The van der Waals surface area contributed by atoms with Gasteiger partial charge in [-0.15, -0.1) is 0 Å². The number of anilines is 2. The van der Waals surface area contributed by atoms with Crippen LogP contribution in [0.4, 0.5) is 24.5 Å². The number of amides is 2. The first-order chi connectivity index (χ1) is 15.6. The van der Waals surface area contributed by atoms with E-state index in [1.54, 1.807) is 6.92 Å². The molecule has 33 heavy (non-hydrogen) atoms. The Morgan fingerprint density at radius 1 is 0.879 bits per heavy atom. The van der Waals surface area contributed by atoms with Crippen molar-refractivity contribution in [3.8, 4) is 0 Å². The fourth-order valence-electron chi connectivity index (χ4n) is 2.80. The number of hydrogen-bond donors (Lipinski definition) is 3. The molecule has 3 aromatic rings. The average Bonchev–Trinajstić information content (AvgIpc) is 2.76. The Morgan fingerprint density at radius 3 is 2.30 bits per heavy atom. The van der Waals surface area contributed by atoms with Crippen molar-refractivity contribution < 1.29 is 31.2 Å². The molecule has 11 heteroatoms. The van der Waals surface area contributed by atoms with Crippen LogP contribution in [0, 0.1) is 24.4 Å². The summed E-state index contributed by atoms with van der Waals surface area (Å²) in [5.41, 5.74) is 0.153. The van der Waals surface area contributed by atoms with Crippen molar-refractivity contribution in [3.63, 3.8) is 0 Å². The van der Waals surface area contributed by atoms with Crippen LogP contribution in [0.2, 0.25) is 0 Å². The summed E-state index contributed by atoms with van der Waals surface area (Å²) in [7, 11) is -4.20. The van der Waals surface area contributed by atoms with Crippen molar-refractivity contribution in [2.75, 3.05) is 16.6 Å². The Morgan fingerprint density at radius 2 is 1.61 bits per heavy atom. The number of hydrogen-bond acceptors (Lipinski definition) is 4. The molecule has 7 nitrogen and oxygen atoms in total. The number of para-hydroxylation sites is 1. The van der Waals surface area contributed by atoms with E-state index in [-0.39, 0.29) is 21.8 Å². The number of halogens is 3. The molecule has 0 saturated carbocycles. The Kier molecular flexibility index (Phi) is 7.02. The summed E-state index contributed by atoms with van der Waals surface area (Å²) in [5, 5.41) is 4.63. The van der Waals surface area contributed by atoms with Gasteiger partial charge in [-0.2, -0.15) is 0 Å². The molecule has 0 fully saturated rings. The first kappa shape index (κ1) is 23.8. The van der Waals surface area contributed by atoms with Crippen molar-refractivity contribution in [1.82, 2.24) is 5.32 Å². The van der Waals surface area contributed by atoms with Crippen molar-refractivity contribution >= 4 is 33.2 Å². The van der Waals surface area contributed by atoms with Gasteiger partial charge in [0.05, 0.1) is 17.1 Å². The number of carbonyl (C=O) groups excluding carboxylic acids is 2. The third kappa shape index (κ3) is 5.89. The zero-order chi connectivity index (χ0) is 24.2. The Hall–Kier alpha value is -3.86. The third-order valence-corrected chi connectivity index (χ3v) is 5.86. The van der Waals surface area contributed by atoms with Gasteiger partial charge in [-0.25, -0.2) is 21.6 Å². The second-order valence-electron chi connectivity index (χ2n) is 6.92. The van der Waals surface area contributed by atoms with E-state index in [4.69, 9.17) is 0 Å². The summed E-state index contributed by atoms with van der Waals surface area (Å²) < 4.78 is 67.4. The predicted octanol–water partition coefficient (Wildman–Crippen LogP) is 3.58. The van der Waals surface area contributed by atoms with Crippen LogP contribution in [0.5, 0.6) is 0 Å². The lowest BCUT2D eigenvalue weighted by Gasteiger charge is -2.12. The molecule has 3 N–H and O–H groups in total. The van der Waals surface area contributed by atoms with Crippen molar-refractivity contribution in [3.05, 3.63) is 89.2 Å². The van der Waals surface area contributed by atoms with E-state index in [0.29, 0.717) is 5.56 Å². The van der Waals surface area contributed by atoms with Gasteiger partial charge in [0.15, 0.2) is 11.6 Å². The molecule has 0 saturated heterocycles. The van der Waals surface area contributed by atoms with Gasteiger partial charge in [0.25, 0.3) is 15.9 Å². The molecule has 0 heterocycles. The van der Waals surface area contributed by atoms with Crippen LogP contribution in [0.15, 0.2) is 65.6 Å². The minimum Gasteiger partial charge on any atom is -0.343 e. The maximum atomic E-state index is 13.8. The highest BCUT2D eigenvalue weighted by molar-refractivity contribution is 7.92. The van der Waals surface area contributed by atoms with Crippen LogP contribution in [0.25, 0.3) is 0 Å². The molecular formula is C22H18F3N3O4S. The van der Waals surface area contributed by atoms with Gasteiger partial charge in [-0.05, 0) is 48.9 Å². The maximum Gasteiger partial charge on any atom is 0.262 e. The number of carbonyl (C=O) groups is 2. The molecule has 0 spiro atoms. The first-order valence-electron chi connectivity index (χ1n) is 9.48. The zero-order valence-corrected chi connectivity index (χ0v) is 18.0. The predicted molar refractivity (Wildman–Crippen MR) is 116 cm³/mol. The number of rotatable bonds is 7. The third-order valence-electron chi connectivity index (χ3n) is 4.50. The van der Waals surface area contributed by atoms with E-state index in [1.165, 1.54) is 30.3 Å². The van der Waals surface area contributed by atoms with E-state index in [1.807, 2.05) is 0 Å². The van der Waals surface area contributed by atoms with E-state index in [0.717, 1.165) is 30.3 Å². The first-order valence-corrected chi connectivity index (χ1v) is 11.0. The normalized spacial score (nSPS) is 11.0. The SMILES string of the molecule is Cc1ccc(S(=O)(=O)Nc2ccccc2F)cc1C(=O)NCC(=O)Nc1ccc(F)c(F)c1. The number of aryl methyl sites for hydroxylation is 1. The monoisotopic (exact) mass is 477 g/mol. The van der Waals surface area contributed by atoms with E-state index >= 15 is 0 Å². The second kappa shape index (κ2) is 9.74. The minimum absolute atomic E-state index is 0.00311. The Bertz CT molecular complexity index is 1330. The fourth-order valence-corrected chi connectivity index (χ4v) is 3.89. The van der Waals surface area contributed by atoms with Crippen LogP contribution in [0.1, 0.15) is 15.9 Å². The van der Waals surface area contributed by atoms with Crippen molar-refractivity contribution in [1.29, 1.82) is 0 Å². The number of benzene rings is 3. The van der Waals surface area contributed by atoms with E-state index < -0.39 is 45.8 Å². The highest BCUT2D eigenvalue weighted by atomic mass is 32.2. The quantitative estimate of drug-likeness (QED) is 0.484. The van der Waals surface area contributed by atoms with Crippen LogP contribution in [0.3, 0.4) is 0 Å². The molecule has 0 atom stereocenters. The molecule has 0 aromatic heterocycles. The molecule has 2 amide bonds. The van der Waals surface area contributed by atoms with E-state index in [9.17, 15) is 31.2 Å². The lowest BCUT2D eigenvalue weighted by atomic mass is 10.1. The summed E-state index contributed by atoms with van der Waals surface area (Å²) in [6.45, 7) is 1.05. The largest absolute Gasteiger partial charge is 0.343 e. The molecule has 0 unspecified atom stereocenters. The topological polar surface area (TPSA) is 104 Å². The summed E-state index contributed by atoms with van der Waals surface area (Å²) >= 11 is 0. The molecule has 0 radical (unpaired) electrons. The highest BCUT2D eigenvalue weighted by Gasteiger charge is 2.20. The highest BCUT2D eigenvalue weighted by Crippen LogP contribution is 2.21. The van der Waals surface area contributed by atoms with Gasteiger partial charge in [-0.1, -0.05) is 18.2 Å². The lowest BCUT2D eigenvalue weighted by molar-refractivity contribution is -0.115. The van der Waals surface area contributed by atoms with Gasteiger partial charge in [0.1, 0.15) is 5.82 Å². The number of sulfonamides is 1. The van der Waals surface area contributed by atoms with Crippen LogP contribution < -0.4 is 15.4 Å². The van der Waals surface area contributed by atoms with Gasteiger partial charge in [0.2, 0.25) is 5.91 Å². The number of nitrogens with one attached hydrogen (secondary N) is 3. The van der Waals surface area contributed by atoms with Crippen molar-refractivity contribution in [2.24, 2.45) is 0 Å². The molecular weight excluding hydrogens is 459 g/mol. The molecule has 0 aliphatic rings. The van der Waals surface area contributed by atoms with Gasteiger partial charge in [0, 0.05) is 17.3 Å². The van der Waals surface area contributed by atoms with Gasteiger partial charge in [-0.3, -0.25) is 14.3 Å². The van der Waals surface area contributed by atoms with Crippen LogP contribution in [-0.4, -0.2) is 26.8 Å². The summed E-state index contributed by atoms with van der Waals surface area (Å²) in [6.07, 6.45) is 0. The van der Waals surface area contributed by atoms with Crippen molar-refractivity contribution in [2.45, 2.75) is 11.8 Å². The maximum absolute atomic E-state index is 13.8. The van der Waals surface area contributed by atoms with E-state index in [2.05, 4.69) is 15.4 Å². The lowest BCUT2D eigenvalue weighted by Crippen LogP contribution is -2.33. The molecule has 0 aliphatic heterocycles. The Labute approximate surface area is 187 Å². The fraction of sp³-hybridized carbons (Fsp3) is 0.0909. The zero-order valence-electron chi connectivity index (χ0n) is 17.2. The molecule has 0 aliphatic carbocycles. The van der Waals surface area contributed by atoms with Gasteiger partial charge < -0.3 is 10.6 Å². The smallest absolute Gasteiger partial charge is 0.262 e. The second-order valence-corrected chi connectivity index (χ2v) is 8.60. The molecule has 172 valence electrons. The molecule has 0 bridgehead atoms. The van der Waals surface area contributed by atoms with Crippen LogP contribution >= 0.6 is 0 Å². The molecule has 3 aromatic carbocycles. The van der Waals surface area contributed by atoms with Gasteiger partial charge >= 0.3 is 0 Å². The summed E-state index contributed by atoms with van der Waals surface area (Å²) in [4.78, 5) is 24.3. The minimum atomic E-state index is -4.20. The summed E-state index contributed by atoms with van der Waals surface area (Å²) in [5.74, 6) is -4.43. The summed E-state index contributed by atoms with van der Waals surface area (Å²) in [6, 6.07) is 11.7. The standard InChI is InChI=1S/C22H18F3N3O4S/c1-13-6-8-15(33(31,32)28-20-5-3-2-4-18(20)24)11-16(13)22(30)26-12-21(29)27-14-7-9-17(23)19(25)10-14/h2-11,28H,12H2,1H3,(H,26,30)(H,27,29).